The van der Waals surface area contributed by atoms with Crippen LogP contribution in [0.15, 0.2) is 33.6 Å². The summed E-state index contributed by atoms with van der Waals surface area (Å²) in [5, 5.41) is 0. The number of hydrogen-bond acceptors (Lipinski definition) is 5. The molecule has 1 aromatic rings. The first-order valence-electron chi connectivity index (χ1n) is 9.68. The summed E-state index contributed by atoms with van der Waals surface area (Å²) in [5.41, 5.74) is 0. The molecule has 7 heteroatoms. The summed E-state index contributed by atoms with van der Waals surface area (Å²) in [4.78, 5) is 5.42. The summed E-state index contributed by atoms with van der Waals surface area (Å²) in [6.07, 6.45) is 6.97. The fourth-order valence-electron chi connectivity index (χ4n) is 4.49. The molecule has 1 aromatic carbocycles. The average Bonchev–Trinajstić information content (AvgIpc) is 3.13. The van der Waals surface area contributed by atoms with Crippen molar-refractivity contribution in [1.82, 2.24) is 9.80 Å². The molecule has 0 aromatic heterocycles. The topological polar surface area (TPSA) is 49.9 Å². The second-order valence-corrected chi connectivity index (χ2v) is 10.2. The lowest BCUT2D eigenvalue weighted by Gasteiger charge is -2.46. The van der Waals surface area contributed by atoms with Gasteiger partial charge in [0, 0.05) is 42.7 Å². The Labute approximate surface area is 164 Å². The van der Waals surface area contributed by atoms with Crippen molar-refractivity contribution in [3.05, 3.63) is 28.7 Å². The monoisotopic (exact) mass is 442 g/mol. The largest absolute Gasteiger partial charge is 0.298 e. The summed E-state index contributed by atoms with van der Waals surface area (Å²) in [6.45, 7) is 4.52. The van der Waals surface area contributed by atoms with Crippen molar-refractivity contribution >= 4 is 26.0 Å². The number of rotatable bonds is 5. The van der Waals surface area contributed by atoms with Gasteiger partial charge in [0.05, 0.1) is 11.0 Å². The fraction of sp³-hybridized carbons (Fsp3) is 0.684. The third-order valence-electron chi connectivity index (χ3n) is 6.14. The average molecular weight is 443 g/mol. The standard InChI is InChI=1S/C19H27BrN2O3S/c20-15-5-7-19(8-6-15)26(23,24)25-18-13-17(14-18)22-11-9-21(10-12-22)16-3-1-2-4-16/h5-8,16-18H,1-4,9-14H2. The number of halogens is 1. The van der Waals surface area contributed by atoms with E-state index in [4.69, 9.17) is 4.18 Å². The minimum atomic E-state index is -3.66. The summed E-state index contributed by atoms with van der Waals surface area (Å²) in [6, 6.07) is 7.90. The van der Waals surface area contributed by atoms with Gasteiger partial charge in [0.25, 0.3) is 10.1 Å². The van der Waals surface area contributed by atoms with Crippen LogP contribution in [0.25, 0.3) is 0 Å². The van der Waals surface area contributed by atoms with Crippen LogP contribution in [0.5, 0.6) is 0 Å². The molecule has 0 amide bonds. The Morgan fingerprint density at radius 2 is 1.42 bits per heavy atom. The van der Waals surface area contributed by atoms with Crippen molar-refractivity contribution in [3.8, 4) is 0 Å². The van der Waals surface area contributed by atoms with Crippen LogP contribution in [0, 0.1) is 0 Å². The Morgan fingerprint density at radius 1 is 0.885 bits per heavy atom. The lowest BCUT2D eigenvalue weighted by molar-refractivity contribution is -0.00959. The van der Waals surface area contributed by atoms with Crippen molar-refractivity contribution < 1.29 is 12.6 Å². The lowest BCUT2D eigenvalue weighted by atomic mass is 9.87. The predicted octanol–water partition coefficient (Wildman–Crippen LogP) is 3.25. The van der Waals surface area contributed by atoms with Gasteiger partial charge in [-0.25, -0.2) is 0 Å². The Bertz CT molecular complexity index is 705. The van der Waals surface area contributed by atoms with Gasteiger partial charge >= 0.3 is 0 Å². The van der Waals surface area contributed by atoms with Crippen LogP contribution in [-0.2, 0) is 14.3 Å². The van der Waals surface area contributed by atoms with E-state index in [-0.39, 0.29) is 11.0 Å². The van der Waals surface area contributed by atoms with E-state index in [1.165, 1.54) is 25.7 Å². The van der Waals surface area contributed by atoms with Crippen molar-refractivity contribution in [3.63, 3.8) is 0 Å². The smallest absolute Gasteiger partial charge is 0.297 e. The number of benzene rings is 1. The van der Waals surface area contributed by atoms with Crippen molar-refractivity contribution in [2.75, 3.05) is 26.2 Å². The van der Waals surface area contributed by atoms with Gasteiger partial charge in [0.1, 0.15) is 0 Å². The van der Waals surface area contributed by atoms with E-state index in [0.717, 1.165) is 49.5 Å². The third-order valence-corrected chi connectivity index (χ3v) is 8.05. The van der Waals surface area contributed by atoms with E-state index >= 15 is 0 Å². The molecule has 4 rings (SSSR count). The molecule has 0 bridgehead atoms. The van der Waals surface area contributed by atoms with Crippen LogP contribution in [0.1, 0.15) is 38.5 Å². The molecule has 5 nitrogen and oxygen atoms in total. The van der Waals surface area contributed by atoms with Gasteiger partial charge in [0.2, 0.25) is 0 Å². The molecule has 0 spiro atoms. The highest BCUT2D eigenvalue weighted by Gasteiger charge is 2.39. The summed E-state index contributed by atoms with van der Waals surface area (Å²) in [7, 11) is -3.66. The normalized spacial score (nSPS) is 29.0. The zero-order valence-electron chi connectivity index (χ0n) is 15.0. The van der Waals surface area contributed by atoms with Gasteiger partial charge < -0.3 is 0 Å². The maximum Gasteiger partial charge on any atom is 0.297 e. The van der Waals surface area contributed by atoms with E-state index < -0.39 is 10.1 Å². The molecular weight excluding hydrogens is 416 g/mol. The van der Waals surface area contributed by atoms with Gasteiger partial charge in [-0.3, -0.25) is 14.0 Å². The van der Waals surface area contributed by atoms with Gasteiger partial charge in [-0.1, -0.05) is 28.8 Å². The third kappa shape index (κ3) is 4.17. The predicted molar refractivity (Wildman–Crippen MR) is 105 cm³/mol. The maximum absolute atomic E-state index is 12.4. The highest BCUT2D eigenvalue weighted by Crippen LogP contribution is 2.33. The van der Waals surface area contributed by atoms with Gasteiger partial charge in [0.15, 0.2) is 0 Å². The molecule has 1 aliphatic heterocycles. The molecule has 26 heavy (non-hydrogen) atoms. The molecule has 0 radical (unpaired) electrons. The highest BCUT2D eigenvalue weighted by molar-refractivity contribution is 9.10. The summed E-state index contributed by atoms with van der Waals surface area (Å²) < 4.78 is 31.0. The van der Waals surface area contributed by atoms with Crippen LogP contribution in [0.3, 0.4) is 0 Å². The lowest BCUT2D eigenvalue weighted by Crippen LogP contribution is -2.57. The van der Waals surface area contributed by atoms with E-state index in [2.05, 4.69) is 25.7 Å². The van der Waals surface area contributed by atoms with Crippen molar-refractivity contribution in [1.29, 1.82) is 0 Å². The minimum absolute atomic E-state index is 0.179. The SMILES string of the molecule is O=S(=O)(OC1CC(N2CCN(C3CCCC3)CC2)C1)c1ccc(Br)cc1. The first-order valence-corrected chi connectivity index (χ1v) is 11.9. The molecule has 0 unspecified atom stereocenters. The van der Waals surface area contributed by atoms with Crippen molar-refractivity contribution in [2.24, 2.45) is 0 Å². The summed E-state index contributed by atoms with van der Waals surface area (Å²) in [5.74, 6) is 0. The van der Waals surface area contributed by atoms with Crippen molar-refractivity contribution in [2.45, 2.75) is 61.6 Å². The molecule has 1 heterocycles. The van der Waals surface area contributed by atoms with Crippen LogP contribution in [0.2, 0.25) is 0 Å². The number of piperazine rings is 1. The molecular formula is C19H27BrN2O3S. The molecule has 0 N–H and O–H groups in total. The zero-order valence-corrected chi connectivity index (χ0v) is 17.4. The van der Waals surface area contributed by atoms with Crippen LogP contribution in [0.4, 0.5) is 0 Å². The van der Waals surface area contributed by atoms with E-state index in [1.54, 1.807) is 24.3 Å². The molecule has 2 aliphatic carbocycles. The first kappa shape index (κ1) is 18.9. The van der Waals surface area contributed by atoms with Gasteiger partial charge in [-0.2, -0.15) is 8.42 Å². The van der Waals surface area contributed by atoms with E-state index in [0.29, 0.717) is 6.04 Å². The fourth-order valence-corrected chi connectivity index (χ4v) is 5.85. The van der Waals surface area contributed by atoms with Crippen LogP contribution < -0.4 is 0 Å². The number of nitrogens with zero attached hydrogens (tertiary/aromatic N) is 2. The number of hydrogen-bond donors (Lipinski definition) is 0. The molecule has 1 saturated heterocycles. The van der Waals surface area contributed by atoms with Crippen LogP contribution >= 0.6 is 15.9 Å². The Hall–Kier alpha value is -0.470. The molecule has 144 valence electrons. The molecule has 3 aliphatic rings. The Balaban J connectivity index is 1.23. The Kier molecular flexibility index (Phi) is 5.72. The van der Waals surface area contributed by atoms with E-state index in [1.807, 2.05) is 0 Å². The first-order chi connectivity index (χ1) is 12.5. The Morgan fingerprint density at radius 3 is 2.00 bits per heavy atom. The molecule has 2 saturated carbocycles. The van der Waals surface area contributed by atoms with E-state index in [9.17, 15) is 8.42 Å². The zero-order chi connectivity index (χ0) is 18.1. The highest BCUT2D eigenvalue weighted by atomic mass is 79.9. The van der Waals surface area contributed by atoms with Gasteiger partial charge in [-0.05, 0) is 49.9 Å². The second kappa shape index (κ2) is 7.87. The summed E-state index contributed by atoms with van der Waals surface area (Å²) >= 11 is 3.32. The van der Waals surface area contributed by atoms with Gasteiger partial charge in [-0.15, -0.1) is 0 Å². The van der Waals surface area contributed by atoms with Crippen LogP contribution in [-0.4, -0.2) is 62.6 Å². The minimum Gasteiger partial charge on any atom is -0.298 e. The molecule has 3 fully saturated rings. The maximum atomic E-state index is 12.4. The second-order valence-electron chi connectivity index (χ2n) is 7.76. The molecule has 0 atom stereocenters. The quantitative estimate of drug-likeness (QED) is 0.654.